The highest BCUT2D eigenvalue weighted by Crippen LogP contribution is 2.52. The van der Waals surface area contributed by atoms with Gasteiger partial charge in [0, 0.05) is 11.5 Å². The van der Waals surface area contributed by atoms with Crippen LogP contribution in [0.1, 0.15) is 87.5 Å². The van der Waals surface area contributed by atoms with Crippen LogP contribution < -0.4 is 0 Å². The average molecular weight is 635 g/mol. The summed E-state index contributed by atoms with van der Waals surface area (Å²) in [7, 11) is 0. The molecule has 5 atom stereocenters. The van der Waals surface area contributed by atoms with Crippen molar-refractivity contribution in [3.8, 4) is 0 Å². The summed E-state index contributed by atoms with van der Waals surface area (Å²) in [5.74, 6) is -5.97. The van der Waals surface area contributed by atoms with Gasteiger partial charge in [0.05, 0.1) is 11.0 Å². The Labute approximate surface area is 265 Å². The number of carbonyl (C=O) groups is 4. The molecule has 0 heterocycles. The van der Waals surface area contributed by atoms with Gasteiger partial charge in [-0.3, -0.25) is 9.59 Å². The van der Waals surface area contributed by atoms with Crippen molar-refractivity contribution >= 4 is 23.5 Å². The minimum Gasteiger partial charge on any atom is -0.511 e. The third kappa shape index (κ3) is 9.24. The van der Waals surface area contributed by atoms with Crippen molar-refractivity contribution in [1.29, 1.82) is 0 Å². The predicted molar refractivity (Wildman–Crippen MR) is 168 cm³/mol. The fourth-order valence-corrected chi connectivity index (χ4v) is 5.65. The molecule has 252 valence electrons. The van der Waals surface area contributed by atoms with E-state index < -0.39 is 58.4 Å². The summed E-state index contributed by atoms with van der Waals surface area (Å²) in [6.07, 6.45) is 1.15. The number of carbonyl (C=O) groups excluding carboxylic acids is 2. The lowest BCUT2D eigenvalue weighted by molar-refractivity contribution is -0.165. The van der Waals surface area contributed by atoms with Gasteiger partial charge in [0.25, 0.3) is 0 Å². The average Bonchev–Trinajstić information content (AvgIpc) is 3.23. The van der Waals surface area contributed by atoms with Crippen LogP contribution in [0.25, 0.3) is 0 Å². The highest BCUT2D eigenvalue weighted by molar-refractivity contribution is 6.24. The molecule has 0 amide bonds. The van der Waals surface area contributed by atoms with Gasteiger partial charge < -0.3 is 35.7 Å². The molecule has 11 heteroatoms. The second kappa shape index (κ2) is 15.6. The maximum absolute atomic E-state index is 14.0. The summed E-state index contributed by atoms with van der Waals surface area (Å²) < 4.78 is 0. The lowest BCUT2D eigenvalue weighted by atomic mass is 9.65. The van der Waals surface area contributed by atoms with E-state index in [2.05, 4.69) is 6.58 Å². The Balaban J connectivity index is 0.000000868. The second-order valence-corrected chi connectivity index (χ2v) is 13.2. The van der Waals surface area contributed by atoms with Crippen LogP contribution in [-0.4, -0.2) is 77.1 Å². The number of aliphatic carboxylic acids is 2. The smallest absolute Gasteiger partial charge is 0.335 e. The Morgan fingerprint density at radius 2 is 1.38 bits per heavy atom. The molecule has 0 saturated heterocycles. The Morgan fingerprint density at radius 1 is 0.933 bits per heavy atom. The largest absolute Gasteiger partial charge is 0.511 e. The quantitative estimate of drug-likeness (QED) is 0.115. The van der Waals surface area contributed by atoms with Crippen LogP contribution in [0.2, 0.25) is 0 Å². The molecule has 1 fully saturated rings. The molecule has 0 radical (unpaired) electrons. The minimum absolute atomic E-state index is 0.00458. The number of hydrogen-bond acceptors (Lipinski definition) is 9. The lowest BCUT2D eigenvalue weighted by Gasteiger charge is -2.38. The van der Waals surface area contributed by atoms with Crippen LogP contribution in [-0.2, 0) is 19.2 Å². The fraction of sp³-hybridized carbons (Fsp3) is 0.588. The molecule has 0 aromatic heterocycles. The minimum atomic E-state index is -2.27. The van der Waals surface area contributed by atoms with Crippen molar-refractivity contribution in [3.05, 3.63) is 58.1 Å². The van der Waals surface area contributed by atoms with Crippen LogP contribution in [0, 0.1) is 23.2 Å². The first kappa shape index (κ1) is 39.5. The van der Waals surface area contributed by atoms with E-state index in [0.717, 1.165) is 23.1 Å². The summed E-state index contributed by atoms with van der Waals surface area (Å²) in [6, 6.07) is 0. The molecule has 0 aromatic rings. The number of carboxylic acid groups (broad SMARTS) is 2. The number of carboxylic acids is 2. The molecule has 2 aliphatic rings. The fourth-order valence-electron chi connectivity index (χ4n) is 5.65. The van der Waals surface area contributed by atoms with Crippen LogP contribution >= 0.6 is 0 Å². The number of aliphatic hydroxyl groups excluding tert-OH is 4. The summed E-state index contributed by atoms with van der Waals surface area (Å²) >= 11 is 0. The zero-order valence-corrected chi connectivity index (χ0v) is 27.5. The topological polar surface area (TPSA) is 210 Å². The number of ketones is 2. The van der Waals surface area contributed by atoms with Gasteiger partial charge in [-0.15, -0.1) is 0 Å². The van der Waals surface area contributed by atoms with Crippen molar-refractivity contribution in [1.82, 2.24) is 0 Å². The predicted octanol–water partition coefficient (Wildman–Crippen LogP) is 4.74. The molecule has 7 N–H and O–H groups in total. The third-order valence-corrected chi connectivity index (χ3v) is 8.52. The highest BCUT2D eigenvalue weighted by Gasteiger charge is 2.52. The van der Waals surface area contributed by atoms with Crippen molar-refractivity contribution in [2.45, 2.75) is 105 Å². The molecule has 2 aliphatic carbocycles. The molecule has 0 aromatic carbocycles. The summed E-state index contributed by atoms with van der Waals surface area (Å²) in [5.41, 5.74) is 0.448. The lowest BCUT2D eigenvalue weighted by Crippen LogP contribution is -2.42. The highest BCUT2D eigenvalue weighted by atomic mass is 16.4. The number of rotatable bonds is 12. The van der Waals surface area contributed by atoms with Crippen LogP contribution in [0.15, 0.2) is 58.1 Å². The first-order chi connectivity index (χ1) is 20.5. The first-order valence-corrected chi connectivity index (χ1v) is 14.9. The summed E-state index contributed by atoms with van der Waals surface area (Å²) in [5, 5.41) is 66.8. The molecular weight excluding hydrogens is 584 g/mol. The Hall–Kier alpha value is -3.54. The van der Waals surface area contributed by atoms with Gasteiger partial charge in [-0.25, -0.2) is 9.59 Å². The zero-order valence-electron chi connectivity index (χ0n) is 27.5. The molecule has 2 rings (SSSR count). The standard InChI is InChI=1S/C30H44O5.C4H6O6/c1-17(2)10-14-30(15-11-18(3)4)27(33)22(26(32)24(28(30)34)25(31)20(7)8)16-23-21(19(5)6)12-13-29(23,9)35;5-1(3(7)8)2(6)4(9)10/h10-11,20-21,23,32-33,35H,5,12-16H2,1-4,6-9H3;1-2,5-6H,(H,7,8)(H,9,10)/t21-,23+,29+;/m0./s1. The van der Waals surface area contributed by atoms with Gasteiger partial charge in [0.15, 0.2) is 23.8 Å². The van der Waals surface area contributed by atoms with E-state index in [4.69, 9.17) is 20.4 Å². The summed E-state index contributed by atoms with van der Waals surface area (Å²) in [6.45, 7) is 18.9. The molecule has 0 spiro atoms. The van der Waals surface area contributed by atoms with E-state index in [1.54, 1.807) is 20.8 Å². The van der Waals surface area contributed by atoms with E-state index in [1.165, 1.54) is 0 Å². The normalized spacial score (nSPS) is 24.0. The Bertz CT molecular complexity index is 1260. The van der Waals surface area contributed by atoms with Gasteiger partial charge in [-0.2, -0.15) is 0 Å². The molecule has 11 nitrogen and oxygen atoms in total. The van der Waals surface area contributed by atoms with Gasteiger partial charge in [-0.1, -0.05) is 49.3 Å². The number of Topliss-reactive ketones (excluding diaryl/α,β-unsaturated/α-hetero) is 2. The van der Waals surface area contributed by atoms with Crippen LogP contribution in [0.3, 0.4) is 0 Å². The summed E-state index contributed by atoms with van der Waals surface area (Å²) in [4.78, 5) is 46.7. The van der Waals surface area contributed by atoms with E-state index >= 15 is 0 Å². The van der Waals surface area contributed by atoms with Gasteiger partial charge >= 0.3 is 11.9 Å². The molecule has 2 unspecified atom stereocenters. The van der Waals surface area contributed by atoms with Crippen molar-refractivity contribution < 1.29 is 54.9 Å². The molecular formula is C34H50O11. The second-order valence-electron chi connectivity index (χ2n) is 13.2. The Kier molecular flexibility index (Phi) is 13.7. The van der Waals surface area contributed by atoms with Crippen LogP contribution in [0.5, 0.6) is 0 Å². The zero-order chi connectivity index (χ0) is 35.2. The SMILES string of the molecule is C=C(C)[C@@H]1CC[C@@](C)(O)[C@@H]1CC1=C(O)C(CC=C(C)C)(CC=C(C)C)C(=O)C(C(=O)C(C)C)=C1O.O=C(O)C(O)C(O)C(=O)O. The number of allylic oxidation sites excluding steroid dienone is 8. The maximum atomic E-state index is 14.0. The van der Waals surface area contributed by atoms with E-state index in [9.17, 15) is 34.5 Å². The van der Waals surface area contributed by atoms with E-state index in [0.29, 0.717) is 6.42 Å². The van der Waals surface area contributed by atoms with E-state index in [1.807, 2.05) is 46.8 Å². The van der Waals surface area contributed by atoms with E-state index in [-0.39, 0.29) is 48.0 Å². The van der Waals surface area contributed by atoms with Crippen molar-refractivity contribution in [2.75, 3.05) is 0 Å². The maximum Gasteiger partial charge on any atom is 0.335 e. The molecule has 45 heavy (non-hydrogen) atoms. The van der Waals surface area contributed by atoms with Gasteiger partial charge in [0.1, 0.15) is 17.1 Å². The number of aliphatic hydroxyl groups is 5. The third-order valence-electron chi connectivity index (χ3n) is 8.52. The van der Waals surface area contributed by atoms with Crippen molar-refractivity contribution in [2.24, 2.45) is 23.2 Å². The van der Waals surface area contributed by atoms with Gasteiger partial charge in [-0.05, 0) is 85.5 Å². The van der Waals surface area contributed by atoms with Gasteiger partial charge in [0.2, 0.25) is 0 Å². The molecule has 1 saturated carbocycles. The van der Waals surface area contributed by atoms with Crippen LogP contribution in [0.4, 0.5) is 0 Å². The first-order valence-electron chi connectivity index (χ1n) is 14.9. The monoisotopic (exact) mass is 634 g/mol. The Morgan fingerprint density at radius 3 is 1.73 bits per heavy atom. The molecule has 0 bridgehead atoms. The number of hydrogen-bond donors (Lipinski definition) is 7. The van der Waals surface area contributed by atoms with Crippen molar-refractivity contribution in [3.63, 3.8) is 0 Å². The molecule has 0 aliphatic heterocycles.